The van der Waals surface area contributed by atoms with Crippen molar-refractivity contribution in [3.8, 4) is 11.5 Å². The van der Waals surface area contributed by atoms with Gasteiger partial charge in [-0.3, -0.25) is 4.79 Å². The van der Waals surface area contributed by atoms with Gasteiger partial charge >= 0.3 is 0 Å². The summed E-state index contributed by atoms with van der Waals surface area (Å²) in [4.78, 5) is 12.3. The highest BCUT2D eigenvalue weighted by Crippen LogP contribution is 2.25. The number of anilines is 1. The van der Waals surface area contributed by atoms with Crippen molar-refractivity contribution < 1.29 is 14.6 Å². The van der Waals surface area contributed by atoms with Crippen LogP contribution in [0.15, 0.2) is 36.4 Å². The van der Waals surface area contributed by atoms with Crippen molar-refractivity contribution in [1.29, 1.82) is 0 Å². The smallest absolute Gasteiger partial charge is 0.259 e. The van der Waals surface area contributed by atoms with E-state index >= 15 is 0 Å². The van der Waals surface area contributed by atoms with Gasteiger partial charge in [0, 0.05) is 5.69 Å². The maximum Gasteiger partial charge on any atom is 0.259 e. The number of methoxy groups -OCH3 is 1. The molecule has 4 nitrogen and oxygen atoms in total. The molecular weight excluding hydrogens is 254 g/mol. The molecule has 2 N–H and O–H groups in total. The zero-order chi connectivity index (χ0) is 14.7. The number of carbonyl (C=O) groups excluding carboxylic acids is 1. The maximum absolute atomic E-state index is 12.3. The van der Waals surface area contributed by atoms with E-state index in [0.29, 0.717) is 5.75 Å². The van der Waals surface area contributed by atoms with Gasteiger partial charge in [-0.2, -0.15) is 0 Å². The number of phenols is 1. The molecule has 4 heteroatoms. The summed E-state index contributed by atoms with van der Waals surface area (Å²) in [5, 5.41) is 12.6. The summed E-state index contributed by atoms with van der Waals surface area (Å²) in [6.45, 7) is 3.85. The van der Waals surface area contributed by atoms with E-state index in [1.54, 1.807) is 6.07 Å². The molecular formula is C16H17NO3. The summed E-state index contributed by atoms with van der Waals surface area (Å²) in [5.41, 5.74) is 2.90. The molecule has 2 aromatic carbocycles. The van der Waals surface area contributed by atoms with Gasteiger partial charge in [-0.1, -0.05) is 18.2 Å². The fourth-order valence-electron chi connectivity index (χ4n) is 2.02. The lowest BCUT2D eigenvalue weighted by molar-refractivity contribution is 0.102. The average Bonchev–Trinajstić information content (AvgIpc) is 2.43. The molecule has 0 aliphatic heterocycles. The number of nitrogens with one attached hydrogen (secondary N) is 1. The summed E-state index contributed by atoms with van der Waals surface area (Å²) < 4.78 is 5.07. The molecule has 0 saturated heterocycles. The van der Waals surface area contributed by atoms with E-state index in [1.165, 1.54) is 19.2 Å². The van der Waals surface area contributed by atoms with Gasteiger partial charge < -0.3 is 15.2 Å². The van der Waals surface area contributed by atoms with Crippen LogP contribution in [0.1, 0.15) is 21.5 Å². The summed E-state index contributed by atoms with van der Waals surface area (Å²) in [6.07, 6.45) is 0. The minimum atomic E-state index is -0.362. The Bertz CT molecular complexity index is 630. The number of hydrogen-bond acceptors (Lipinski definition) is 3. The van der Waals surface area contributed by atoms with Crippen LogP contribution in [0, 0.1) is 13.8 Å². The summed E-state index contributed by atoms with van der Waals surface area (Å²) in [6, 6.07) is 10.3. The lowest BCUT2D eigenvalue weighted by Gasteiger charge is -2.12. The van der Waals surface area contributed by atoms with Gasteiger partial charge in [-0.25, -0.2) is 0 Å². The van der Waals surface area contributed by atoms with E-state index in [1.807, 2.05) is 32.0 Å². The SMILES string of the molecule is COc1ccc(O)c(C(=O)Nc2c(C)cccc2C)c1. The van der Waals surface area contributed by atoms with Crippen molar-refractivity contribution in [3.05, 3.63) is 53.1 Å². The van der Waals surface area contributed by atoms with E-state index in [-0.39, 0.29) is 17.2 Å². The molecule has 0 aliphatic carbocycles. The fourth-order valence-corrected chi connectivity index (χ4v) is 2.02. The lowest BCUT2D eigenvalue weighted by Crippen LogP contribution is -2.14. The molecule has 0 atom stereocenters. The molecule has 1 amide bonds. The van der Waals surface area contributed by atoms with Crippen molar-refractivity contribution in [2.45, 2.75) is 13.8 Å². The number of hydrogen-bond donors (Lipinski definition) is 2. The first-order chi connectivity index (χ1) is 9.52. The zero-order valence-electron chi connectivity index (χ0n) is 11.7. The van der Waals surface area contributed by atoms with Gasteiger partial charge in [-0.05, 0) is 43.2 Å². The number of aryl methyl sites for hydroxylation is 2. The minimum Gasteiger partial charge on any atom is -0.507 e. The van der Waals surface area contributed by atoms with Crippen molar-refractivity contribution in [3.63, 3.8) is 0 Å². The number of aromatic hydroxyl groups is 1. The monoisotopic (exact) mass is 271 g/mol. The van der Waals surface area contributed by atoms with Gasteiger partial charge in [0.1, 0.15) is 11.5 Å². The average molecular weight is 271 g/mol. The molecule has 0 heterocycles. The van der Waals surface area contributed by atoms with E-state index in [4.69, 9.17) is 4.74 Å². The van der Waals surface area contributed by atoms with E-state index < -0.39 is 0 Å². The Labute approximate surface area is 118 Å². The number of ether oxygens (including phenoxy) is 1. The maximum atomic E-state index is 12.3. The number of benzene rings is 2. The highest BCUT2D eigenvalue weighted by atomic mass is 16.5. The molecule has 0 unspecified atom stereocenters. The van der Waals surface area contributed by atoms with Crippen LogP contribution in [0.2, 0.25) is 0 Å². The van der Waals surface area contributed by atoms with Crippen LogP contribution in [0.3, 0.4) is 0 Å². The quantitative estimate of drug-likeness (QED) is 0.900. The first-order valence-electron chi connectivity index (χ1n) is 6.27. The molecule has 0 fully saturated rings. The highest BCUT2D eigenvalue weighted by Gasteiger charge is 2.14. The van der Waals surface area contributed by atoms with Crippen molar-refractivity contribution in [1.82, 2.24) is 0 Å². The van der Waals surface area contributed by atoms with E-state index in [0.717, 1.165) is 16.8 Å². The summed E-state index contributed by atoms with van der Waals surface area (Å²) in [5.74, 6) is 0.0859. The predicted molar refractivity (Wildman–Crippen MR) is 78.5 cm³/mol. The van der Waals surface area contributed by atoms with Crippen molar-refractivity contribution in [2.24, 2.45) is 0 Å². The molecule has 0 aliphatic rings. The van der Waals surface area contributed by atoms with Crippen LogP contribution >= 0.6 is 0 Å². The third kappa shape index (κ3) is 2.74. The fraction of sp³-hybridized carbons (Fsp3) is 0.188. The lowest BCUT2D eigenvalue weighted by atomic mass is 10.1. The van der Waals surface area contributed by atoms with Crippen LogP contribution in [0.25, 0.3) is 0 Å². The Hall–Kier alpha value is -2.49. The highest BCUT2D eigenvalue weighted by molar-refractivity contribution is 6.07. The zero-order valence-corrected chi connectivity index (χ0v) is 11.7. The van der Waals surface area contributed by atoms with Gasteiger partial charge in [0.2, 0.25) is 0 Å². The molecule has 0 saturated carbocycles. The van der Waals surface area contributed by atoms with Gasteiger partial charge in [0.25, 0.3) is 5.91 Å². The Kier molecular flexibility index (Phi) is 3.94. The van der Waals surface area contributed by atoms with Crippen molar-refractivity contribution >= 4 is 11.6 Å². The third-order valence-electron chi connectivity index (χ3n) is 3.17. The standard InChI is InChI=1S/C16H17NO3/c1-10-5-4-6-11(2)15(10)17-16(19)13-9-12(20-3)7-8-14(13)18/h4-9,18H,1-3H3,(H,17,19). The predicted octanol–water partition coefficient (Wildman–Crippen LogP) is 3.27. The molecule has 2 rings (SSSR count). The Balaban J connectivity index is 2.33. The molecule has 20 heavy (non-hydrogen) atoms. The van der Waals surface area contributed by atoms with Crippen LogP contribution in [-0.2, 0) is 0 Å². The Morgan fingerprint density at radius 2 is 1.80 bits per heavy atom. The topological polar surface area (TPSA) is 58.6 Å². The summed E-state index contributed by atoms with van der Waals surface area (Å²) >= 11 is 0. The first kappa shape index (κ1) is 13.9. The number of amides is 1. The normalized spacial score (nSPS) is 10.2. The number of carbonyl (C=O) groups is 1. The number of phenolic OH excluding ortho intramolecular Hbond substituents is 1. The Morgan fingerprint density at radius 3 is 2.40 bits per heavy atom. The van der Waals surface area contributed by atoms with Crippen LogP contribution in [-0.4, -0.2) is 18.1 Å². The number of rotatable bonds is 3. The van der Waals surface area contributed by atoms with Crippen molar-refractivity contribution in [2.75, 3.05) is 12.4 Å². The van der Waals surface area contributed by atoms with Gasteiger partial charge in [-0.15, -0.1) is 0 Å². The molecule has 0 radical (unpaired) electrons. The van der Waals surface area contributed by atoms with E-state index in [9.17, 15) is 9.90 Å². The van der Waals surface area contributed by atoms with Crippen LogP contribution < -0.4 is 10.1 Å². The van der Waals surface area contributed by atoms with Gasteiger partial charge in [0.05, 0.1) is 12.7 Å². The number of para-hydroxylation sites is 1. The first-order valence-corrected chi connectivity index (χ1v) is 6.27. The summed E-state index contributed by atoms with van der Waals surface area (Å²) in [7, 11) is 1.51. The van der Waals surface area contributed by atoms with E-state index in [2.05, 4.69) is 5.32 Å². The molecule has 0 spiro atoms. The Morgan fingerprint density at radius 1 is 1.15 bits per heavy atom. The second-order valence-corrected chi connectivity index (χ2v) is 4.60. The molecule has 2 aromatic rings. The second-order valence-electron chi connectivity index (χ2n) is 4.60. The van der Waals surface area contributed by atoms with Crippen LogP contribution in [0.5, 0.6) is 11.5 Å². The second kappa shape index (κ2) is 5.65. The molecule has 104 valence electrons. The van der Waals surface area contributed by atoms with Gasteiger partial charge in [0.15, 0.2) is 0 Å². The largest absolute Gasteiger partial charge is 0.507 e. The third-order valence-corrected chi connectivity index (χ3v) is 3.17. The van der Waals surface area contributed by atoms with Crippen LogP contribution in [0.4, 0.5) is 5.69 Å². The molecule has 0 aromatic heterocycles. The minimum absolute atomic E-state index is 0.0745. The molecule has 0 bridgehead atoms.